The molecule has 0 spiro atoms. The molecule has 1 aliphatic carbocycles. The topological polar surface area (TPSA) is 40.5 Å². The van der Waals surface area contributed by atoms with Gasteiger partial charge in [0.15, 0.2) is 0 Å². The van der Waals surface area contributed by atoms with Gasteiger partial charge in [-0.1, -0.05) is 0 Å². The van der Waals surface area contributed by atoms with Gasteiger partial charge in [0, 0.05) is 24.0 Å². The Morgan fingerprint density at radius 1 is 1.20 bits per heavy atom. The zero-order chi connectivity index (χ0) is 11.2. The molecule has 0 aromatic rings. The zero-order valence-corrected chi connectivity index (χ0v) is 9.32. The molecule has 1 saturated carbocycles. The van der Waals surface area contributed by atoms with Crippen LogP contribution in [0.2, 0.25) is 0 Å². The van der Waals surface area contributed by atoms with Crippen molar-refractivity contribution in [2.45, 2.75) is 37.2 Å². The van der Waals surface area contributed by atoms with Crippen LogP contribution in [0.4, 0.5) is 8.78 Å². The number of aliphatic hydroxyl groups excluding tert-OH is 1. The van der Waals surface area contributed by atoms with Crippen molar-refractivity contribution in [2.75, 3.05) is 18.1 Å². The van der Waals surface area contributed by atoms with Gasteiger partial charge < -0.3 is 10.2 Å². The van der Waals surface area contributed by atoms with Crippen LogP contribution in [-0.4, -0.2) is 39.8 Å². The first kappa shape index (κ1) is 11.6. The highest BCUT2D eigenvalue weighted by Gasteiger charge is 2.60. The third-order valence-corrected chi connectivity index (χ3v) is 5.03. The average Bonchev–Trinajstić information content (AvgIpc) is 2.72. The minimum atomic E-state index is -2.72. The molecule has 2 atom stereocenters. The highest BCUT2D eigenvalue weighted by atomic mass is 32.2. The van der Waals surface area contributed by atoms with Crippen LogP contribution in [0.15, 0.2) is 0 Å². The van der Waals surface area contributed by atoms with Gasteiger partial charge in [-0.2, -0.15) is 11.8 Å². The van der Waals surface area contributed by atoms with Gasteiger partial charge in [0.2, 0.25) is 5.92 Å². The molecule has 5 heteroatoms. The Balaban J connectivity index is 2.23. The predicted molar refractivity (Wildman–Crippen MR) is 55.2 cm³/mol. The molecule has 1 saturated heterocycles. The van der Waals surface area contributed by atoms with E-state index in [1.807, 2.05) is 0 Å². The van der Waals surface area contributed by atoms with Gasteiger partial charge in [-0.05, 0) is 18.6 Å². The lowest BCUT2D eigenvalue weighted by molar-refractivity contribution is -0.108. The third-order valence-electron chi connectivity index (χ3n) is 3.86. The highest BCUT2D eigenvalue weighted by Crippen LogP contribution is 2.56. The van der Waals surface area contributed by atoms with Crippen molar-refractivity contribution in [1.82, 2.24) is 0 Å². The van der Waals surface area contributed by atoms with Crippen LogP contribution in [0.3, 0.4) is 0 Å². The second kappa shape index (κ2) is 3.57. The first-order chi connectivity index (χ1) is 6.93. The number of thioether (sulfide) groups is 1. The minimum Gasteiger partial charge on any atom is -0.396 e. The number of hydrogen-bond donors (Lipinski definition) is 2. The molecule has 1 heterocycles. The molecule has 0 amide bonds. The van der Waals surface area contributed by atoms with E-state index in [1.165, 1.54) is 0 Å². The minimum absolute atomic E-state index is 0.208. The molecule has 2 rings (SSSR count). The van der Waals surface area contributed by atoms with Gasteiger partial charge in [-0.25, -0.2) is 8.78 Å². The van der Waals surface area contributed by atoms with Crippen molar-refractivity contribution in [1.29, 1.82) is 0 Å². The van der Waals surface area contributed by atoms with Crippen LogP contribution in [0.1, 0.15) is 25.7 Å². The smallest absolute Gasteiger partial charge is 0.248 e. The quantitative estimate of drug-likeness (QED) is 0.768. The molecule has 2 N–H and O–H groups in total. The summed E-state index contributed by atoms with van der Waals surface area (Å²) in [4.78, 5) is 0. The number of hydrogen-bond acceptors (Lipinski definition) is 3. The Kier molecular flexibility index (Phi) is 2.76. The molecular formula is C10H16F2O2S. The van der Waals surface area contributed by atoms with Gasteiger partial charge >= 0.3 is 0 Å². The van der Waals surface area contributed by atoms with E-state index >= 15 is 0 Å². The first-order valence-electron chi connectivity index (χ1n) is 5.22. The summed E-state index contributed by atoms with van der Waals surface area (Å²) in [6, 6.07) is 0. The normalized spacial score (nSPS) is 44.8. The fourth-order valence-corrected chi connectivity index (χ4v) is 4.16. The molecule has 1 aliphatic heterocycles. The summed E-state index contributed by atoms with van der Waals surface area (Å²) in [7, 11) is 0. The van der Waals surface area contributed by atoms with Crippen LogP contribution in [0.25, 0.3) is 0 Å². The van der Waals surface area contributed by atoms with Crippen molar-refractivity contribution in [2.24, 2.45) is 5.41 Å². The lowest BCUT2D eigenvalue weighted by atomic mass is 9.70. The first-order valence-corrected chi connectivity index (χ1v) is 6.37. The van der Waals surface area contributed by atoms with Crippen LogP contribution in [-0.2, 0) is 0 Å². The molecule has 2 fully saturated rings. The molecule has 0 aromatic heterocycles. The summed E-state index contributed by atoms with van der Waals surface area (Å²) in [6.45, 7) is -0.334. The number of halogens is 2. The Morgan fingerprint density at radius 2 is 1.93 bits per heavy atom. The van der Waals surface area contributed by atoms with Crippen LogP contribution < -0.4 is 0 Å². The van der Waals surface area contributed by atoms with Crippen molar-refractivity contribution >= 4 is 11.8 Å². The number of rotatable bonds is 2. The third kappa shape index (κ3) is 1.78. The Bertz CT molecular complexity index is 254. The zero-order valence-electron chi connectivity index (χ0n) is 8.51. The van der Waals surface area contributed by atoms with E-state index in [0.717, 1.165) is 5.75 Å². The summed E-state index contributed by atoms with van der Waals surface area (Å²) in [6.07, 6.45) is 0.177. The van der Waals surface area contributed by atoms with Crippen LogP contribution in [0.5, 0.6) is 0 Å². The summed E-state index contributed by atoms with van der Waals surface area (Å²) in [5, 5.41) is 19.7. The SMILES string of the molecule is OCC1(C2(O)CCSC2)CCC(F)(F)C1. The van der Waals surface area contributed by atoms with Crippen molar-refractivity contribution in [3.8, 4) is 0 Å². The van der Waals surface area contributed by atoms with Crippen molar-refractivity contribution in [3.63, 3.8) is 0 Å². The largest absolute Gasteiger partial charge is 0.396 e. The molecule has 0 aromatic carbocycles. The van der Waals surface area contributed by atoms with E-state index < -0.39 is 16.9 Å². The second-order valence-corrected chi connectivity index (χ2v) is 5.91. The number of alkyl halides is 2. The van der Waals surface area contributed by atoms with E-state index in [4.69, 9.17) is 0 Å². The van der Waals surface area contributed by atoms with E-state index in [2.05, 4.69) is 0 Å². The van der Waals surface area contributed by atoms with Crippen LogP contribution in [0, 0.1) is 5.41 Å². The van der Waals surface area contributed by atoms with Crippen molar-refractivity contribution in [3.05, 3.63) is 0 Å². The fourth-order valence-electron chi connectivity index (χ4n) is 2.75. The Morgan fingerprint density at radius 3 is 2.33 bits per heavy atom. The molecular weight excluding hydrogens is 222 g/mol. The van der Waals surface area contributed by atoms with Gasteiger partial charge in [0.1, 0.15) is 0 Å². The highest BCUT2D eigenvalue weighted by molar-refractivity contribution is 7.99. The Hall–Kier alpha value is 0.130. The molecule has 0 radical (unpaired) electrons. The van der Waals surface area contributed by atoms with Gasteiger partial charge in [0.05, 0.1) is 12.2 Å². The van der Waals surface area contributed by atoms with Gasteiger partial charge in [0.25, 0.3) is 0 Å². The maximum Gasteiger partial charge on any atom is 0.248 e. The molecule has 2 nitrogen and oxygen atoms in total. The molecule has 88 valence electrons. The molecule has 2 aliphatic rings. The lowest BCUT2D eigenvalue weighted by Crippen LogP contribution is -2.50. The van der Waals surface area contributed by atoms with Gasteiger partial charge in [-0.15, -0.1) is 0 Å². The molecule has 15 heavy (non-hydrogen) atoms. The summed E-state index contributed by atoms with van der Waals surface area (Å²) in [5.74, 6) is -1.45. The molecule has 0 bridgehead atoms. The summed E-state index contributed by atoms with van der Waals surface area (Å²) < 4.78 is 26.4. The summed E-state index contributed by atoms with van der Waals surface area (Å²) >= 11 is 1.58. The molecule has 2 unspecified atom stereocenters. The van der Waals surface area contributed by atoms with E-state index in [-0.39, 0.29) is 25.9 Å². The van der Waals surface area contributed by atoms with Crippen LogP contribution >= 0.6 is 11.8 Å². The number of aliphatic hydroxyl groups is 2. The standard InChI is InChI=1S/C10H16F2O2S/c11-10(12)2-1-8(5-10,6-13)9(14)3-4-15-7-9/h13-14H,1-7H2. The monoisotopic (exact) mass is 238 g/mol. The summed E-state index contributed by atoms with van der Waals surface area (Å²) in [5.41, 5.74) is -2.06. The van der Waals surface area contributed by atoms with Crippen molar-refractivity contribution < 1.29 is 19.0 Å². The van der Waals surface area contributed by atoms with E-state index in [9.17, 15) is 19.0 Å². The van der Waals surface area contributed by atoms with E-state index in [1.54, 1.807) is 11.8 Å². The lowest BCUT2D eigenvalue weighted by Gasteiger charge is -2.41. The Labute approximate surface area is 92.1 Å². The average molecular weight is 238 g/mol. The van der Waals surface area contributed by atoms with Gasteiger partial charge in [-0.3, -0.25) is 0 Å². The maximum atomic E-state index is 13.2. The fraction of sp³-hybridized carbons (Fsp3) is 1.00. The maximum absolute atomic E-state index is 13.2. The predicted octanol–water partition coefficient (Wildman–Crippen LogP) is 1.65. The van der Waals surface area contributed by atoms with E-state index in [0.29, 0.717) is 12.2 Å². The second-order valence-electron chi connectivity index (χ2n) is 4.81.